The number of phenols is 4. The molecule has 2 heterocycles. The second kappa shape index (κ2) is 13.1. The molecule has 0 saturated carbocycles. The Balaban J connectivity index is 1.73. The van der Waals surface area contributed by atoms with Crippen LogP contribution in [0.4, 0.5) is 0 Å². The molecule has 2 aliphatic rings. The summed E-state index contributed by atoms with van der Waals surface area (Å²) in [7, 11) is 0. The summed E-state index contributed by atoms with van der Waals surface area (Å²) in [6.45, 7) is 3.52. The Morgan fingerprint density at radius 3 is 1.86 bits per heavy atom. The number of hydrogen-bond donors (Lipinski definition) is 4. The Hall–Kier alpha value is -4.34. The highest BCUT2D eigenvalue weighted by Crippen LogP contribution is 2.36. The van der Waals surface area contributed by atoms with Gasteiger partial charge in [-0.25, -0.2) is 0 Å². The van der Waals surface area contributed by atoms with Crippen LogP contribution in [0.3, 0.4) is 0 Å². The average molecular weight is 581 g/mol. The van der Waals surface area contributed by atoms with Gasteiger partial charge in [0.25, 0.3) is 0 Å². The van der Waals surface area contributed by atoms with Crippen LogP contribution in [0.2, 0.25) is 0 Å². The molecular weight excluding hydrogens is 544 g/mol. The fraction of sp³-hybridized carbons (Fsp3) is 0.438. The van der Waals surface area contributed by atoms with E-state index in [1.165, 1.54) is 18.2 Å². The number of ketones is 2. The summed E-state index contributed by atoms with van der Waals surface area (Å²) in [6.07, 6.45) is 4.17. The van der Waals surface area contributed by atoms with Gasteiger partial charge in [0.2, 0.25) is 0 Å². The maximum absolute atomic E-state index is 13.7. The van der Waals surface area contributed by atoms with Gasteiger partial charge in [-0.3, -0.25) is 19.2 Å². The predicted octanol–water partition coefficient (Wildman–Crippen LogP) is 4.68. The lowest BCUT2D eigenvalue weighted by molar-refractivity contribution is -0.148. The third-order valence-electron chi connectivity index (χ3n) is 7.87. The summed E-state index contributed by atoms with van der Waals surface area (Å²) >= 11 is 0. The molecule has 2 aromatic carbocycles. The summed E-state index contributed by atoms with van der Waals surface area (Å²) in [5.74, 6) is -4.27. The Labute approximate surface area is 243 Å². The number of Topliss-reactive ketones (excluding diaryl/α,β-unsaturated/α-hetero) is 1. The number of esters is 2. The summed E-state index contributed by atoms with van der Waals surface area (Å²) in [4.78, 5) is 52.1. The van der Waals surface area contributed by atoms with Gasteiger partial charge in [0.05, 0.1) is 36.2 Å². The molecule has 10 heteroatoms. The van der Waals surface area contributed by atoms with E-state index in [9.17, 15) is 39.6 Å². The Bertz CT molecular complexity index is 1410. The smallest absolute Gasteiger partial charge is 0.310 e. The highest BCUT2D eigenvalue weighted by atomic mass is 16.5. The quantitative estimate of drug-likeness (QED) is 0.348. The number of allylic oxidation sites excluding steroid dienone is 2. The summed E-state index contributed by atoms with van der Waals surface area (Å²) in [5.41, 5.74) is 0.125. The number of carbonyl (C=O) groups excluding carboxylic acids is 4. The van der Waals surface area contributed by atoms with Gasteiger partial charge in [0.1, 0.15) is 23.0 Å². The number of hydrogen-bond acceptors (Lipinski definition) is 10. The fourth-order valence-electron chi connectivity index (χ4n) is 5.87. The minimum Gasteiger partial charge on any atom is -0.508 e. The molecule has 4 atom stereocenters. The standard InChI is InChI=1S/C32H36O10/c1-17-4-3-5-20(12-26(36)32-22(14-29(39)41-17)11-24(34)16-28(32)38)19-7-6-18(2)42-30(40)13-21-10-23(33)15-27(37)31(21)25(35)9-8-19/h8-11,15-20,33-34,37-38H,3-7,12-14H2,1-2H3/t17-,18-,19+,20+/m1/s1. The zero-order valence-electron chi connectivity index (χ0n) is 23.7. The first-order chi connectivity index (χ1) is 19.9. The van der Waals surface area contributed by atoms with E-state index < -0.39 is 47.2 Å². The van der Waals surface area contributed by atoms with E-state index in [0.29, 0.717) is 32.1 Å². The number of carbonyl (C=O) groups is 4. The van der Waals surface area contributed by atoms with Crippen molar-refractivity contribution >= 4 is 23.5 Å². The van der Waals surface area contributed by atoms with E-state index >= 15 is 0 Å². The predicted molar refractivity (Wildman–Crippen MR) is 151 cm³/mol. The van der Waals surface area contributed by atoms with Crippen molar-refractivity contribution in [2.24, 2.45) is 11.8 Å². The highest BCUT2D eigenvalue weighted by Gasteiger charge is 2.30. The van der Waals surface area contributed by atoms with Gasteiger partial charge in [-0.05, 0) is 87.1 Å². The van der Waals surface area contributed by atoms with Gasteiger partial charge < -0.3 is 29.9 Å². The lowest BCUT2D eigenvalue weighted by Crippen LogP contribution is -2.24. The van der Waals surface area contributed by atoms with E-state index in [0.717, 1.165) is 12.1 Å². The lowest BCUT2D eigenvalue weighted by atomic mass is 9.78. The zero-order valence-corrected chi connectivity index (χ0v) is 23.7. The number of benzene rings is 2. The van der Waals surface area contributed by atoms with Crippen molar-refractivity contribution in [3.8, 4) is 23.0 Å². The first kappa shape index (κ1) is 30.6. The van der Waals surface area contributed by atoms with Crippen LogP contribution >= 0.6 is 0 Å². The van der Waals surface area contributed by atoms with Crippen LogP contribution < -0.4 is 0 Å². The molecule has 4 N–H and O–H groups in total. The van der Waals surface area contributed by atoms with Crippen molar-refractivity contribution in [2.45, 2.75) is 77.4 Å². The Morgan fingerprint density at radius 2 is 1.24 bits per heavy atom. The molecule has 0 aromatic heterocycles. The number of rotatable bonds is 1. The normalized spacial score (nSPS) is 24.5. The van der Waals surface area contributed by atoms with Crippen LogP contribution in [0.25, 0.3) is 0 Å². The average Bonchev–Trinajstić information content (AvgIpc) is 2.85. The van der Waals surface area contributed by atoms with Crippen molar-refractivity contribution in [1.82, 2.24) is 0 Å². The maximum atomic E-state index is 13.7. The van der Waals surface area contributed by atoms with Crippen molar-refractivity contribution in [1.29, 1.82) is 0 Å². The minimum atomic E-state index is -0.609. The number of ether oxygens (including phenoxy) is 2. The monoisotopic (exact) mass is 580 g/mol. The molecule has 0 spiro atoms. The number of cyclic esters (lactones) is 2. The van der Waals surface area contributed by atoms with Crippen molar-refractivity contribution in [3.63, 3.8) is 0 Å². The minimum absolute atomic E-state index is 0.0121. The number of aromatic hydroxyl groups is 4. The van der Waals surface area contributed by atoms with Crippen LogP contribution in [0.5, 0.6) is 23.0 Å². The van der Waals surface area contributed by atoms with Gasteiger partial charge in [-0.15, -0.1) is 0 Å². The van der Waals surface area contributed by atoms with E-state index in [1.807, 2.05) is 0 Å². The van der Waals surface area contributed by atoms with Crippen LogP contribution in [0, 0.1) is 11.8 Å². The molecule has 224 valence electrons. The number of fused-ring (bicyclic) bond motifs is 2. The van der Waals surface area contributed by atoms with Gasteiger partial charge in [0.15, 0.2) is 11.6 Å². The molecular formula is C32H36O10. The Morgan fingerprint density at radius 1 is 0.690 bits per heavy atom. The topological polar surface area (TPSA) is 168 Å². The van der Waals surface area contributed by atoms with Crippen molar-refractivity contribution in [2.75, 3.05) is 0 Å². The van der Waals surface area contributed by atoms with Crippen LogP contribution in [-0.2, 0) is 31.9 Å². The SMILES string of the molecule is C[C@@H]1CC[C@H]([C@H]2CCC[C@@H](C)OC(=O)Cc3cc(O)cc(O)c3C(=O)C2)C=CC(=O)c2c(O)cc(O)cc2CC(=O)O1. The molecule has 4 rings (SSSR count). The van der Waals surface area contributed by atoms with Gasteiger partial charge >= 0.3 is 11.9 Å². The van der Waals surface area contributed by atoms with Crippen LogP contribution in [-0.4, -0.2) is 56.1 Å². The van der Waals surface area contributed by atoms with E-state index in [-0.39, 0.29) is 64.9 Å². The largest absolute Gasteiger partial charge is 0.508 e. The molecule has 2 aromatic rings. The molecule has 0 saturated heterocycles. The molecule has 0 bridgehead atoms. The molecule has 0 radical (unpaired) electrons. The number of phenolic OH excluding ortho intramolecular Hbond substituents is 4. The van der Waals surface area contributed by atoms with Gasteiger partial charge in [0, 0.05) is 18.6 Å². The maximum Gasteiger partial charge on any atom is 0.310 e. The molecule has 0 aliphatic carbocycles. The van der Waals surface area contributed by atoms with E-state index in [2.05, 4.69) is 0 Å². The third kappa shape index (κ3) is 7.48. The molecule has 0 fully saturated rings. The Kier molecular flexibility index (Phi) is 9.55. The van der Waals surface area contributed by atoms with Gasteiger partial charge in [-0.2, -0.15) is 0 Å². The summed E-state index contributed by atoms with van der Waals surface area (Å²) in [6, 6.07) is 4.60. The van der Waals surface area contributed by atoms with Crippen molar-refractivity contribution < 1.29 is 49.1 Å². The highest BCUT2D eigenvalue weighted by molar-refractivity contribution is 6.08. The molecule has 2 aliphatic heterocycles. The van der Waals surface area contributed by atoms with Gasteiger partial charge in [-0.1, -0.05) is 6.08 Å². The second-order valence-electron chi connectivity index (χ2n) is 11.2. The molecule has 0 amide bonds. The van der Waals surface area contributed by atoms with Crippen molar-refractivity contribution in [3.05, 3.63) is 58.7 Å². The summed E-state index contributed by atoms with van der Waals surface area (Å²) in [5, 5.41) is 41.1. The third-order valence-corrected chi connectivity index (χ3v) is 7.87. The van der Waals surface area contributed by atoms with Crippen LogP contribution in [0.15, 0.2) is 36.4 Å². The second-order valence-corrected chi connectivity index (χ2v) is 11.2. The fourth-order valence-corrected chi connectivity index (χ4v) is 5.87. The lowest BCUT2D eigenvalue weighted by Gasteiger charge is -2.27. The molecule has 42 heavy (non-hydrogen) atoms. The molecule has 0 unspecified atom stereocenters. The summed E-state index contributed by atoms with van der Waals surface area (Å²) < 4.78 is 11.0. The zero-order chi connectivity index (χ0) is 30.6. The van der Waals surface area contributed by atoms with E-state index in [1.54, 1.807) is 19.9 Å². The van der Waals surface area contributed by atoms with E-state index in [4.69, 9.17) is 9.47 Å². The molecule has 10 nitrogen and oxygen atoms in total. The first-order valence-electron chi connectivity index (χ1n) is 14.2. The first-order valence-corrected chi connectivity index (χ1v) is 14.2. The van der Waals surface area contributed by atoms with Crippen LogP contribution in [0.1, 0.15) is 84.2 Å².